The molecule has 0 atom stereocenters. The van der Waals surface area contributed by atoms with E-state index in [-0.39, 0.29) is 6.61 Å². The van der Waals surface area contributed by atoms with Gasteiger partial charge in [-0.25, -0.2) is 9.78 Å². The molecule has 6 heteroatoms. The van der Waals surface area contributed by atoms with Crippen molar-refractivity contribution in [1.29, 1.82) is 0 Å². The lowest BCUT2D eigenvalue weighted by Crippen LogP contribution is -2.04. The highest BCUT2D eigenvalue weighted by Crippen LogP contribution is 2.27. The molecular weight excluding hydrogens is 326 g/mol. The third-order valence-corrected chi connectivity index (χ3v) is 4.46. The first kappa shape index (κ1) is 16.3. The van der Waals surface area contributed by atoms with Gasteiger partial charge in [-0.15, -0.1) is 11.3 Å². The summed E-state index contributed by atoms with van der Waals surface area (Å²) in [5.41, 5.74) is 2.12. The Labute approximate surface area is 143 Å². The van der Waals surface area contributed by atoms with Gasteiger partial charge in [-0.1, -0.05) is 12.1 Å². The van der Waals surface area contributed by atoms with Crippen LogP contribution in [0.4, 0.5) is 0 Å². The van der Waals surface area contributed by atoms with Crippen molar-refractivity contribution in [1.82, 2.24) is 4.98 Å². The molecule has 5 nitrogen and oxygen atoms in total. The number of ether oxygens (including phenoxy) is 2. The lowest BCUT2D eigenvalue weighted by Gasteiger charge is -2.09. The average molecular weight is 343 g/mol. The summed E-state index contributed by atoms with van der Waals surface area (Å²) in [5.74, 6) is 1.55. The zero-order chi connectivity index (χ0) is 17.1. The minimum absolute atomic E-state index is 0.270. The second-order valence-corrected chi connectivity index (χ2v) is 6.21. The fraction of sp³-hybridized carbons (Fsp3) is 0.222. The van der Waals surface area contributed by atoms with Crippen molar-refractivity contribution in [2.24, 2.45) is 0 Å². The highest BCUT2D eigenvalue weighted by molar-refractivity contribution is 7.13. The van der Waals surface area contributed by atoms with Gasteiger partial charge in [-0.2, -0.15) is 0 Å². The van der Waals surface area contributed by atoms with E-state index < -0.39 is 5.97 Å². The summed E-state index contributed by atoms with van der Waals surface area (Å²) in [5, 5.41) is 1.98. The van der Waals surface area contributed by atoms with Gasteiger partial charge < -0.3 is 13.9 Å². The van der Waals surface area contributed by atoms with E-state index in [0.717, 1.165) is 21.9 Å². The monoisotopic (exact) mass is 343 g/mol. The number of aromatic nitrogens is 1. The third-order valence-electron chi connectivity index (χ3n) is 3.60. The number of aryl methyl sites for hydroxylation is 2. The smallest absolute Gasteiger partial charge is 0.337 e. The molecule has 24 heavy (non-hydrogen) atoms. The SMILES string of the molecule is COC(=O)c1ccc(C)c(OCc2nc(-c3cccs3)oc2C)c1. The maximum atomic E-state index is 11.6. The molecule has 2 heterocycles. The summed E-state index contributed by atoms with van der Waals surface area (Å²) in [4.78, 5) is 17.1. The zero-order valence-electron chi connectivity index (χ0n) is 13.7. The predicted octanol–water partition coefficient (Wildman–Crippen LogP) is 4.39. The molecule has 0 saturated carbocycles. The number of hydrogen-bond acceptors (Lipinski definition) is 6. The first-order chi connectivity index (χ1) is 11.6. The van der Waals surface area contributed by atoms with Crippen LogP contribution in [0.15, 0.2) is 40.1 Å². The third kappa shape index (κ3) is 3.33. The van der Waals surface area contributed by atoms with Crippen LogP contribution >= 0.6 is 11.3 Å². The molecule has 0 amide bonds. The van der Waals surface area contributed by atoms with E-state index in [4.69, 9.17) is 13.9 Å². The van der Waals surface area contributed by atoms with E-state index in [1.165, 1.54) is 7.11 Å². The maximum Gasteiger partial charge on any atom is 0.337 e. The maximum absolute atomic E-state index is 11.6. The van der Waals surface area contributed by atoms with E-state index in [2.05, 4.69) is 4.98 Å². The van der Waals surface area contributed by atoms with Gasteiger partial charge in [0.2, 0.25) is 5.89 Å². The lowest BCUT2D eigenvalue weighted by atomic mass is 10.1. The molecule has 0 aliphatic carbocycles. The molecule has 0 spiro atoms. The Morgan fingerprint density at radius 1 is 1.29 bits per heavy atom. The van der Waals surface area contributed by atoms with Gasteiger partial charge in [0.15, 0.2) is 0 Å². The summed E-state index contributed by atoms with van der Waals surface area (Å²) in [6, 6.07) is 9.14. The number of oxazole rings is 1. The van der Waals surface area contributed by atoms with Crippen LogP contribution in [0.1, 0.15) is 27.4 Å². The summed E-state index contributed by atoms with van der Waals surface area (Å²) in [6.45, 7) is 4.05. The Kier molecular flexibility index (Phi) is 4.66. The molecule has 0 aliphatic rings. The summed E-state index contributed by atoms with van der Waals surface area (Å²) >= 11 is 1.57. The van der Waals surface area contributed by atoms with Crippen LogP contribution in [0.2, 0.25) is 0 Å². The number of hydrogen-bond donors (Lipinski definition) is 0. The van der Waals surface area contributed by atoms with Crippen LogP contribution < -0.4 is 4.74 Å². The molecule has 3 aromatic rings. The highest BCUT2D eigenvalue weighted by atomic mass is 32.1. The van der Waals surface area contributed by atoms with Crippen molar-refractivity contribution in [3.8, 4) is 16.5 Å². The minimum Gasteiger partial charge on any atom is -0.487 e. The van der Waals surface area contributed by atoms with Crippen molar-refractivity contribution in [3.63, 3.8) is 0 Å². The van der Waals surface area contributed by atoms with E-state index in [0.29, 0.717) is 17.2 Å². The Hall–Kier alpha value is -2.60. The van der Waals surface area contributed by atoms with Crippen LogP contribution in [-0.4, -0.2) is 18.1 Å². The number of methoxy groups -OCH3 is 1. The van der Waals surface area contributed by atoms with Crippen molar-refractivity contribution < 1.29 is 18.7 Å². The lowest BCUT2D eigenvalue weighted by molar-refractivity contribution is 0.0600. The molecule has 0 fully saturated rings. The number of esters is 1. The Morgan fingerprint density at radius 3 is 2.83 bits per heavy atom. The second-order valence-electron chi connectivity index (χ2n) is 5.26. The van der Waals surface area contributed by atoms with Crippen molar-refractivity contribution >= 4 is 17.3 Å². The highest BCUT2D eigenvalue weighted by Gasteiger charge is 2.14. The van der Waals surface area contributed by atoms with E-state index in [9.17, 15) is 4.79 Å². The molecule has 0 unspecified atom stereocenters. The summed E-state index contributed by atoms with van der Waals surface area (Å²) in [7, 11) is 1.35. The van der Waals surface area contributed by atoms with Crippen molar-refractivity contribution in [2.75, 3.05) is 7.11 Å². The predicted molar refractivity (Wildman–Crippen MR) is 91.4 cm³/mol. The number of carbonyl (C=O) groups is 1. The first-order valence-corrected chi connectivity index (χ1v) is 8.28. The Balaban J connectivity index is 1.78. The number of nitrogens with zero attached hydrogens (tertiary/aromatic N) is 1. The molecular formula is C18H17NO4S. The fourth-order valence-electron chi connectivity index (χ4n) is 2.21. The quantitative estimate of drug-likeness (QED) is 0.643. The van der Waals surface area contributed by atoms with Crippen molar-refractivity contribution in [3.05, 3.63) is 58.3 Å². The van der Waals surface area contributed by atoms with Gasteiger partial charge in [-0.05, 0) is 43.0 Å². The molecule has 0 saturated heterocycles. The number of rotatable bonds is 5. The molecule has 0 aliphatic heterocycles. The van der Waals surface area contributed by atoms with Crippen LogP contribution in [0.3, 0.4) is 0 Å². The largest absolute Gasteiger partial charge is 0.487 e. The average Bonchev–Trinajstić information content (AvgIpc) is 3.23. The molecule has 124 valence electrons. The number of benzene rings is 1. The van der Waals surface area contributed by atoms with E-state index in [1.807, 2.05) is 37.4 Å². The van der Waals surface area contributed by atoms with Crippen LogP contribution in [-0.2, 0) is 11.3 Å². The topological polar surface area (TPSA) is 61.6 Å². The minimum atomic E-state index is -0.391. The molecule has 0 bridgehead atoms. The molecule has 0 radical (unpaired) electrons. The molecule has 1 aromatic carbocycles. The summed E-state index contributed by atoms with van der Waals surface area (Å²) in [6.07, 6.45) is 0. The van der Waals surface area contributed by atoms with Crippen molar-refractivity contribution in [2.45, 2.75) is 20.5 Å². The van der Waals surface area contributed by atoms with E-state index in [1.54, 1.807) is 23.5 Å². The summed E-state index contributed by atoms with van der Waals surface area (Å²) < 4.78 is 16.3. The number of carbonyl (C=O) groups excluding carboxylic acids is 1. The Bertz CT molecular complexity index is 852. The number of thiophene rings is 1. The molecule has 2 aromatic heterocycles. The van der Waals surface area contributed by atoms with Crippen LogP contribution in [0.5, 0.6) is 5.75 Å². The fourth-order valence-corrected chi connectivity index (χ4v) is 2.86. The Morgan fingerprint density at radius 2 is 2.12 bits per heavy atom. The van der Waals surface area contributed by atoms with Gasteiger partial charge in [0.25, 0.3) is 0 Å². The second kappa shape index (κ2) is 6.88. The standard InChI is InChI=1S/C18H17NO4S/c1-11-6-7-13(18(20)21-3)9-15(11)22-10-14-12(2)23-17(19-14)16-5-4-8-24-16/h4-9H,10H2,1-3H3. The van der Waals surface area contributed by atoms with Gasteiger partial charge in [0.05, 0.1) is 17.6 Å². The van der Waals surface area contributed by atoms with Gasteiger partial charge in [0.1, 0.15) is 23.8 Å². The van der Waals surface area contributed by atoms with Gasteiger partial charge in [0, 0.05) is 0 Å². The van der Waals surface area contributed by atoms with Gasteiger partial charge >= 0.3 is 5.97 Å². The van der Waals surface area contributed by atoms with Crippen LogP contribution in [0, 0.1) is 13.8 Å². The molecule has 0 N–H and O–H groups in total. The zero-order valence-corrected chi connectivity index (χ0v) is 14.5. The van der Waals surface area contributed by atoms with Gasteiger partial charge in [-0.3, -0.25) is 0 Å². The van der Waals surface area contributed by atoms with E-state index >= 15 is 0 Å². The molecule has 3 rings (SSSR count). The first-order valence-electron chi connectivity index (χ1n) is 7.40. The van der Waals surface area contributed by atoms with Crippen LogP contribution in [0.25, 0.3) is 10.8 Å². The normalized spacial score (nSPS) is 10.6.